The lowest BCUT2D eigenvalue weighted by Crippen LogP contribution is -2.68. The summed E-state index contributed by atoms with van der Waals surface area (Å²) >= 11 is 0. The number of aromatic nitrogens is 4. The van der Waals surface area contributed by atoms with E-state index in [1.54, 1.807) is 13.3 Å². The molecule has 0 aromatic carbocycles. The van der Waals surface area contributed by atoms with E-state index in [9.17, 15) is 5.26 Å². The summed E-state index contributed by atoms with van der Waals surface area (Å²) in [5, 5.41) is 17.6. The summed E-state index contributed by atoms with van der Waals surface area (Å²) in [4.78, 5) is 14.2. The molecular weight excluding hydrogens is 488 g/mol. The van der Waals surface area contributed by atoms with Gasteiger partial charge in [0.2, 0.25) is 5.88 Å². The molecule has 3 saturated heterocycles. The van der Waals surface area contributed by atoms with Crippen molar-refractivity contribution < 1.29 is 4.74 Å². The fourth-order valence-electron chi connectivity index (χ4n) is 6.18. The molecule has 8 rings (SSSR count). The van der Waals surface area contributed by atoms with Crippen molar-refractivity contribution in [2.24, 2.45) is 0 Å². The van der Waals surface area contributed by atoms with Crippen LogP contribution in [0.5, 0.6) is 5.88 Å². The van der Waals surface area contributed by atoms with E-state index in [0.29, 0.717) is 23.5 Å². The smallest absolute Gasteiger partial charge is 0.212 e. The third-order valence-corrected chi connectivity index (χ3v) is 8.27. The first-order valence-corrected chi connectivity index (χ1v) is 13.5. The summed E-state index contributed by atoms with van der Waals surface area (Å²) in [6.07, 6.45) is 12.0. The monoisotopic (exact) mass is 518 g/mol. The van der Waals surface area contributed by atoms with Crippen LogP contribution in [0.3, 0.4) is 0 Å². The van der Waals surface area contributed by atoms with Crippen LogP contribution in [0.2, 0.25) is 0 Å². The third kappa shape index (κ3) is 4.32. The van der Waals surface area contributed by atoms with Gasteiger partial charge < -0.3 is 15.0 Å². The van der Waals surface area contributed by atoms with E-state index < -0.39 is 0 Å². The van der Waals surface area contributed by atoms with Gasteiger partial charge in [-0.3, -0.25) is 4.90 Å². The van der Waals surface area contributed by atoms with Crippen LogP contribution in [0.25, 0.3) is 22.2 Å². The fourth-order valence-corrected chi connectivity index (χ4v) is 6.18. The number of nitrogens with zero attached hydrogens (tertiary/aromatic N) is 7. The highest BCUT2D eigenvalue weighted by Crippen LogP contribution is 2.36. The number of piperazine rings is 1. The summed E-state index contributed by atoms with van der Waals surface area (Å²) in [5.41, 5.74) is 7.04. The normalized spacial score (nSPS) is 20.8. The van der Waals surface area contributed by atoms with Crippen molar-refractivity contribution in [3.63, 3.8) is 0 Å². The highest BCUT2D eigenvalue weighted by Gasteiger charge is 2.44. The molecule has 3 fully saturated rings. The van der Waals surface area contributed by atoms with Gasteiger partial charge in [0.05, 0.1) is 24.4 Å². The van der Waals surface area contributed by atoms with Crippen LogP contribution in [0.1, 0.15) is 29.5 Å². The maximum Gasteiger partial charge on any atom is 0.212 e. The fraction of sp³-hybridized carbons (Fsp3) is 0.333. The van der Waals surface area contributed by atoms with Gasteiger partial charge in [-0.25, -0.2) is 14.5 Å². The Morgan fingerprint density at radius 1 is 1.08 bits per heavy atom. The third-order valence-electron chi connectivity index (χ3n) is 8.27. The van der Waals surface area contributed by atoms with E-state index in [0.717, 1.165) is 67.2 Å². The van der Waals surface area contributed by atoms with E-state index in [1.807, 2.05) is 29.2 Å². The molecule has 4 aromatic heterocycles. The number of hydrogen-bond donors (Lipinski definition) is 1. The quantitative estimate of drug-likeness (QED) is 0.415. The number of nitrogens with one attached hydrogen (secondary N) is 1. The molecule has 4 aromatic rings. The van der Waals surface area contributed by atoms with Gasteiger partial charge in [-0.2, -0.15) is 10.4 Å². The van der Waals surface area contributed by atoms with Crippen LogP contribution >= 0.6 is 0 Å². The van der Waals surface area contributed by atoms with E-state index in [2.05, 4.69) is 61.6 Å². The second kappa shape index (κ2) is 9.80. The van der Waals surface area contributed by atoms with Gasteiger partial charge in [-0.1, -0.05) is 12.1 Å². The second-order valence-corrected chi connectivity index (χ2v) is 10.5. The number of pyridine rings is 3. The lowest BCUT2D eigenvalue weighted by molar-refractivity contribution is -0.00876. The Morgan fingerprint density at radius 3 is 2.67 bits per heavy atom. The van der Waals surface area contributed by atoms with E-state index in [4.69, 9.17) is 9.72 Å². The van der Waals surface area contributed by atoms with Gasteiger partial charge in [0.15, 0.2) is 0 Å². The molecule has 0 saturated carbocycles. The molecule has 0 radical (unpaired) electrons. The molecule has 2 bridgehead atoms. The van der Waals surface area contributed by atoms with Crippen LogP contribution in [0.15, 0.2) is 61.2 Å². The van der Waals surface area contributed by atoms with Crippen molar-refractivity contribution in [1.82, 2.24) is 29.8 Å². The van der Waals surface area contributed by atoms with E-state index in [1.165, 1.54) is 17.6 Å². The largest absolute Gasteiger partial charge is 0.481 e. The maximum absolute atomic E-state index is 9.74. The van der Waals surface area contributed by atoms with E-state index >= 15 is 0 Å². The average molecular weight is 519 g/mol. The number of ether oxygens (including phenoxy) is 1. The first-order chi connectivity index (χ1) is 19.2. The standard InChI is InChI=1S/C30H30N8O/c1-39-29-5-2-20(13-34-29)16-37-25-11-26(37)19-36(18-25)28-4-3-22(14-33-28)27-10-23(21-6-8-32-9-7-21)17-38-30(27)24(12-31)15-35-38/h2-6,10,13-15,17,25-26,32H,7-9,11,16,18-19H2,1H3. The molecule has 2 unspecified atom stereocenters. The maximum atomic E-state index is 9.74. The topological polar surface area (TPSA) is 94.6 Å². The number of methoxy groups -OCH3 is 1. The SMILES string of the molecule is COc1ccc(CN2C3CC2CN(c2ccc(-c4cc(C5=CCNCC5)cn5ncc(C#N)c45)cn2)C3)cn1. The Labute approximate surface area is 227 Å². The molecule has 4 aliphatic rings. The Balaban J connectivity index is 1.11. The van der Waals surface area contributed by atoms with Gasteiger partial charge in [-0.05, 0) is 54.3 Å². The van der Waals surface area contributed by atoms with Crippen LogP contribution in [0, 0.1) is 11.3 Å². The number of nitriles is 1. The lowest BCUT2D eigenvalue weighted by atomic mass is 9.87. The van der Waals surface area contributed by atoms with Crippen molar-refractivity contribution in [3.05, 3.63) is 77.9 Å². The first kappa shape index (κ1) is 23.8. The minimum Gasteiger partial charge on any atom is -0.481 e. The number of rotatable bonds is 6. The van der Waals surface area contributed by atoms with Crippen molar-refractivity contribution in [1.29, 1.82) is 5.26 Å². The number of fused-ring (bicyclic) bond motifs is 3. The molecule has 9 nitrogen and oxygen atoms in total. The van der Waals surface area contributed by atoms with Gasteiger partial charge in [0, 0.05) is 74.0 Å². The van der Waals surface area contributed by atoms with Crippen molar-refractivity contribution in [3.8, 4) is 23.1 Å². The number of hydrogen-bond acceptors (Lipinski definition) is 8. The summed E-state index contributed by atoms with van der Waals surface area (Å²) in [5.74, 6) is 1.65. The second-order valence-electron chi connectivity index (χ2n) is 10.5. The highest BCUT2D eigenvalue weighted by molar-refractivity contribution is 5.87. The van der Waals surface area contributed by atoms with Crippen LogP contribution < -0.4 is 15.0 Å². The summed E-state index contributed by atoms with van der Waals surface area (Å²) in [6, 6.07) is 13.8. The van der Waals surface area contributed by atoms with Gasteiger partial charge in [0.25, 0.3) is 0 Å². The lowest BCUT2D eigenvalue weighted by Gasteiger charge is -2.56. The summed E-state index contributed by atoms with van der Waals surface area (Å²) in [7, 11) is 1.64. The molecule has 2 atom stereocenters. The van der Waals surface area contributed by atoms with E-state index in [-0.39, 0.29) is 0 Å². The van der Waals surface area contributed by atoms with Crippen molar-refractivity contribution >= 4 is 16.9 Å². The zero-order valence-electron chi connectivity index (χ0n) is 21.9. The Kier molecular flexibility index (Phi) is 5.99. The predicted molar refractivity (Wildman–Crippen MR) is 149 cm³/mol. The van der Waals surface area contributed by atoms with Gasteiger partial charge >= 0.3 is 0 Å². The highest BCUT2D eigenvalue weighted by atomic mass is 16.5. The molecule has 9 heteroatoms. The molecule has 1 N–H and O–H groups in total. The Bertz CT molecular complexity index is 1570. The summed E-state index contributed by atoms with van der Waals surface area (Å²) < 4.78 is 7.03. The predicted octanol–water partition coefficient (Wildman–Crippen LogP) is 3.51. The van der Waals surface area contributed by atoms with Crippen LogP contribution in [0.4, 0.5) is 5.82 Å². The van der Waals surface area contributed by atoms with Gasteiger partial charge in [0.1, 0.15) is 11.9 Å². The number of anilines is 1. The molecule has 39 heavy (non-hydrogen) atoms. The Morgan fingerprint density at radius 2 is 1.97 bits per heavy atom. The zero-order valence-corrected chi connectivity index (χ0v) is 21.9. The Hall–Kier alpha value is -4.26. The van der Waals surface area contributed by atoms with Crippen LogP contribution in [-0.2, 0) is 6.54 Å². The molecule has 4 aliphatic heterocycles. The van der Waals surface area contributed by atoms with Crippen molar-refractivity contribution in [2.45, 2.75) is 31.5 Å². The molecule has 196 valence electrons. The van der Waals surface area contributed by atoms with Crippen molar-refractivity contribution in [2.75, 3.05) is 38.2 Å². The first-order valence-electron chi connectivity index (χ1n) is 13.5. The number of piperidine rings is 1. The molecule has 0 aliphatic carbocycles. The minimum atomic E-state index is 0.520. The van der Waals surface area contributed by atoms with Gasteiger partial charge in [-0.15, -0.1) is 0 Å². The molecule has 8 heterocycles. The molecule has 0 spiro atoms. The van der Waals surface area contributed by atoms with Crippen LogP contribution in [-0.4, -0.2) is 69.9 Å². The summed E-state index contributed by atoms with van der Waals surface area (Å²) in [6.45, 7) is 4.68. The minimum absolute atomic E-state index is 0.520. The zero-order chi connectivity index (χ0) is 26.3. The average Bonchev–Trinajstić information content (AvgIpc) is 3.43. The molecule has 0 amide bonds. The molecular formula is C30H30N8O.